The van der Waals surface area contributed by atoms with Gasteiger partial charge in [0.25, 0.3) is 0 Å². The largest absolute Gasteiger partial charge is 0.494 e. The van der Waals surface area contributed by atoms with Crippen molar-refractivity contribution >= 4 is 33.8 Å². The Morgan fingerprint density at radius 3 is 2.81 bits per heavy atom. The number of aromatic amines is 1. The highest BCUT2D eigenvalue weighted by atomic mass is 32.1. The van der Waals surface area contributed by atoms with Crippen molar-refractivity contribution in [2.75, 3.05) is 5.32 Å². The van der Waals surface area contributed by atoms with Crippen LogP contribution in [0.2, 0.25) is 0 Å². The molecule has 0 spiro atoms. The number of nitrogens with one attached hydrogen (secondary N) is 2. The number of fused-ring (bicyclic) bond motifs is 1. The van der Waals surface area contributed by atoms with Gasteiger partial charge in [-0.3, -0.25) is 4.79 Å². The lowest BCUT2D eigenvalue weighted by molar-refractivity contribution is -0.119. The number of anilines is 1. The molecule has 0 saturated heterocycles. The van der Waals surface area contributed by atoms with Crippen LogP contribution >= 0.6 is 11.3 Å². The van der Waals surface area contributed by atoms with Crippen molar-refractivity contribution < 1.29 is 14.3 Å². The van der Waals surface area contributed by atoms with Crippen LogP contribution in [0.4, 0.5) is 10.2 Å². The minimum atomic E-state index is -0.752. The molecule has 0 aromatic carbocycles. The highest BCUT2D eigenvalue weighted by molar-refractivity contribution is 7.15. The lowest BCUT2D eigenvalue weighted by atomic mass is 10.0. The number of aromatic hydroxyl groups is 1. The van der Waals surface area contributed by atoms with Gasteiger partial charge in [-0.05, 0) is 19.3 Å². The molecule has 3 aromatic rings. The molecular weight excluding hydrogens is 357 g/mol. The van der Waals surface area contributed by atoms with Gasteiger partial charge in [0, 0.05) is 17.8 Å². The lowest BCUT2D eigenvalue weighted by Gasteiger charge is -2.19. The van der Waals surface area contributed by atoms with E-state index in [1.54, 1.807) is 6.20 Å². The number of carbonyl (C=O) groups is 1. The maximum Gasteiger partial charge on any atom is 0.239 e. The summed E-state index contributed by atoms with van der Waals surface area (Å²) >= 11 is 1.38. The summed E-state index contributed by atoms with van der Waals surface area (Å²) in [5.41, 5.74) is 5.84. The fourth-order valence-corrected chi connectivity index (χ4v) is 3.57. The molecule has 0 aliphatic rings. The van der Waals surface area contributed by atoms with Crippen LogP contribution in [-0.4, -0.2) is 32.0 Å². The Morgan fingerprint density at radius 1 is 1.50 bits per heavy atom. The van der Waals surface area contributed by atoms with Crippen LogP contribution < -0.4 is 11.1 Å². The first-order valence-corrected chi connectivity index (χ1v) is 8.97. The van der Waals surface area contributed by atoms with E-state index in [0.717, 1.165) is 5.01 Å². The molecule has 0 aliphatic carbocycles. The number of aromatic nitrogens is 3. The van der Waals surface area contributed by atoms with Crippen LogP contribution in [0.15, 0.2) is 12.4 Å². The van der Waals surface area contributed by atoms with Gasteiger partial charge in [0.15, 0.2) is 17.5 Å². The molecule has 9 heteroatoms. The van der Waals surface area contributed by atoms with Crippen LogP contribution in [0.5, 0.6) is 5.88 Å². The van der Waals surface area contributed by atoms with Gasteiger partial charge in [0.1, 0.15) is 6.04 Å². The summed E-state index contributed by atoms with van der Waals surface area (Å²) in [6.07, 6.45) is 3.43. The molecule has 0 radical (unpaired) electrons. The molecule has 3 rings (SSSR count). The van der Waals surface area contributed by atoms with Crippen LogP contribution in [0, 0.1) is 18.7 Å². The SMILES string of the molecule is Cc1ncc(-c2nc(N[C@H](CC(C)C)C(N)=O)c(F)c3c[nH]c(O)c23)s1. The first kappa shape index (κ1) is 18.1. The van der Waals surface area contributed by atoms with Crippen molar-refractivity contribution in [2.45, 2.75) is 33.2 Å². The number of carbonyl (C=O) groups excluding carboxylic acids is 1. The average molecular weight is 377 g/mol. The number of H-pyrrole nitrogens is 1. The van der Waals surface area contributed by atoms with Gasteiger partial charge in [-0.25, -0.2) is 14.4 Å². The standard InChI is InChI=1S/C17H20FN5O2S/c1-7(2)4-10(15(19)24)22-16-13(18)9-5-21-17(25)12(9)14(23-16)11-6-20-8(3)26-11/h5-7,10,21-22,25H,4H2,1-3H3,(H2,19,24)/t10-/m1/s1. The summed E-state index contributed by atoms with van der Waals surface area (Å²) in [7, 11) is 0. The predicted molar refractivity (Wildman–Crippen MR) is 99.6 cm³/mol. The van der Waals surface area contributed by atoms with E-state index in [9.17, 15) is 14.3 Å². The number of aryl methyl sites for hydroxylation is 1. The first-order valence-electron chi connectivity index (χ1n) is 8.16. The molecule has 5 N–H and O–H groups in total. The third-order valence-corrected chi connectivity index (χ3v) is 4.90. The number of nitrogens with two attached hydrogens (primary N) is 1. The molecule has 0 aliphatic heterocycles. The number of nitrogens with zero attached hydrogens (tertiary/aromatic N) is 2. The van der Waals surface area contributed by atoms with E-state index in [1.807, 2.05) is 20.8 Å². The average Bonchev–Trinajstić information content (AvgIpc) is 3.15. The first-order chi connectivity index (χ1) is 12.3. The number of pyridine rings is 1. The molecule has 26 heavy (non-hydrogen) atoms. The molecule has 0 fully saturated rings. The van der Waals surface area contributed by atoms with Crippen molar-refractivity contribution in [3.8, 4) is 16.5 Å². The topological polar surface area (TPSA) is 117 Å². The van der Waals surface area contributed by atoms with Crippen molar-refractivity contribution in [1.29, 1.82) is 0 Å². The van der Waals surface area contributed by atoms with Crippen molar-refractivity contribution in [3.05, 3.63) is 23.2 Å². The van der Waals surface area contributed by atoms with Crippen LogP contribution in [0.1, 0.15) is 25.3 Å². The number of primary amides is 1. The van der Waals surface area contributed by atoms with Crippen molar-refractivity contribution in [2.24, 2.45) is 11.7 Å². The van der Waals surface area contributed by atoms with E-state index < -0.39 is 17.8 Å². The van der Waals surface area contributed by atoms with Gasteiger partial charge in [-0.2, -0.15) is 0 Å². The summed E-state index contributed by atoms with van der Waals surface area (Å²) in [5.74, 6) is -1.30. The monoisotopic (exact) mass is 377 g/mol. The second-order valence-corrected chi connectivity index (χ2v) is 7.76. The second-order valence-electron chi connectivity index (χ2n) is 6.52. The zero-order valence-corrected chi connectivity index (χ0v) is 15.4. The summed E-state index contributed by atoms with van der Waals surface area (Å²) in [6, 6.07) is -0.752. The summed E-state index contributed by atoms with van der Waals surface area (Å²) in [6.45, 7) is 5.73. The maximum atomic E-state index is 14.9. The van der Waals surface area contributed by atoms with Crippen LogP contribution in [-0.2, 0) is 4.79 Å². The minimum absolute atomic E-state index is 0.0815. The molecule has 138 valence electrons. The molecule has 0 saturated carbocycles. The number of hydrogen-bond acceptors (Lipinski definition) is 6. The quantitative estimate of drug-likeness (QED) is 0.526. The van der Waals surface area contributed by atoms with E-state index in [1.165, 1.54) is 17.5 Å². The van der Waals surface area contributed by atoms with Crippen LogP contribution in [0.3, 0.4) is 0 Å². The lowest BCUT2D eigenvalue weighted by Crippen LogP contribution is -2.37. The van der Waals surface area contributed by atoms with Crippen molar-refractivity contribution in [3.63, 3.8) is 0 Å². The number of halogens is 1. The highest BCUT2D eigenvalue weighted by Gasteiger charge is 2.24. The van der Waals surface area contributed by atoms with E-state index in [4.69, 9.17) is 5.73 Å². The second kappa shape index (κ2) is 6.91. The van der Waals surface area contributed by atoms with E-state index >= 15 is 0 Å². The normalized spacial score (nSPS) is 12.7. The van der Waals surface area contributed by atoms with E-state index in [-0.39, 0.29) is 28.4 Å². The third-order valence-electron chi connectivity index (χ3n) is 3.98. The highest BCUT2D eigenvalue weighted by Crippen LogP contribution is 2.39. The number of amides is 1. The Hall–Kier alpha value is -2.68. The van der Waals surface area contributed by atoms with Gasteiger partial charge in [-0.15, -0.1) is 11.3 Å². The van der Waals surface area contributed by atoms with Gasteiger partial charge in [-0.1, -0.05) is 13.8 Å². The Morgan fingerprint density at radius 2 is 2.23 bits per heavy atom. The zero-order valence-electron chi connectivity index (χ0n) is 14.6. The summed E-state index contributed by atoms with van der Waals surface area (Å²) in [4.78, 5) is 23.6. The van der Waals surface area contributed by atoms with E-state index in [2.05, 4.69) is 20.3 Å². The molecule has 0 unspecified atom stereocenters. The smallest absolute Gasteiger partial charge is 0.239 e. The Kier molecular flexibility index (Phi) is 4.82. The van der Waals surface area contributed by atoms with Gasteiger partial charge >= 0.3 is 0 Å². The van der Waals surface area contributed by atoms with Gasteiger partial charge in [0.2, 0.25) is 5.91 Å². The number of hydrogen-bond donors (Lipinski definition) is 4. The minimum Gasteiger partial charge on any atom is -0.494 e. The Labute approximate surface area is 153 Å². The summed E-state index contributed by atoms with van der Waals surface area (Å²) < 4.78 is 14.9. The molecule has 1 atom stereocenters. The molecule has 0 bridgehead atoms. The molecule has 1 amide bonds. The molecular formula is C17H20FN5O2S. The fraction of sp³-hybridized carbons (Fsp3) is 0.353. The number of thiazole rings is 1. The molecule has 3 heterocycles. The Bertz CT molecular complexity index is 966. The van der Waals surface area contributed by atoms with Gasteiger partial charge in [0.05, 0.1) is 21.0 Å². The number of rotatable bonds is 6. The van der Waals surface area contributed by atoms with Gasteiger partial charge < -0.3 is 21.1 Å². The van der Waals surface area contributed by atoms with Crippen LogP contribution in [0.25, 0.3) is 21.3 Å². The molecule has 3 aromatic heterocycles. The summed E-state index contributed by atoms with van der Waals surface area (Å²) in [5, 5.41) is 14.2. The fourth-order valence-electron chi connectivity index (χ4n) is 2.80. The maximum absolute atomic E-state index is 14.9. The van der Waals surface area contributed by atoms with Crippen molar-refractivity contribution in [1.82, 2.24) is 15.0 Å². The Balaban J connectivity index is 2.14. The molecule has 7 nitrogen and oxygen atoms in total. The zero-order chi connectivity index (χ0) is 19.0. The predicted octanol–water partition coefficient (Wildman–Crippen LogP) is 3.15. The third kappa shape index (κ3) is 3.34. The van der Waals surface area contributed by atoms with E-state index in [0.29, 0.717) is 17.0 Å².